The van der Waals surface area contributed by atoms with Gasteiger partial charge < -0.3 is 10.1 Å². The molecule has 1 aromatic carbocycles. The Hall–Kier alpha value is -0.860. The van der Waals surface area contributed by atoms with E-state index in [0.29, 0.717) is 6.04 Å². The van der Waals surface area contributed by atoms with Gasteiger partial charge in [0.15, 0.2) is 0 Å². The summed E-state index contributed by atoms with van der Waals surface area (Å²) in [5.74, 6) is 0. The number of rotatable bonds is 7. The van der Waals surface area contributed by atoms with Crippen molar-refractivity contribution in [2.75, 3.05) is 13.2 Å². The third kappa shape index (κ3) is 5.26. The predicted molar refractivity (Wildman–Crippen MR) is 87.2 cm³/mol. The van der Waals surface area contributed by atoms with E-state index < -0.39 is 0 Å². The number of aryl methyl sites for hydroxylation is 1. The molecular formula is C18H31NO. The summed E-state index contributed by atoms with van der Waals surface area (Å²) in [7, 11) is 0. The van der Waals surface area contributed by atoms with Crippen molar-refractivity contribution in [2.24, 2.45) is 5.41 Å². The normalized spacial score (nSPS) is 15.1. The number of likely N-dealkylation sites (N-methyl/N-ethyl adjacent to an activating group) is 1. The molecule has 1 rings (SSSR count). The van der Waals surface area contributed by atoms with Crippen LogP contribution in [0.15, 0.2) is 24.3 Å². The molecule has 20 heavy (non-hydrogen) atoms. The Morgan fingerprint density at radius 3 is 2.15 bits per heavy atom. The highest BCUT2D eigenvalue weighted by Gasteiger charge is 2.32. The standard InChI is InChI=1S/C18H31NO/c1-7-19-16(17(20-8-2)18(4,5)6)13-15-11-9-14(3)10-12-15/h9-12,16-17,19H,7-8,13H2,1-6H3. The van der Waals surface area contributed by atoms with E-state index in [9.17, 15) is 0 Å². The zero-order valence-corrected chi connectivity index (χ0v) is 14.0. The van der Waals surface area contributed by atoms with Gasteiger partial charge in [0, 0.05) is 12.6 Å². The molecule has 0 aromatic heterocycles. The van der Waals surface area contributed by atoms with Crippen LogP contribution in [0, 0.1) is 12.3 Å². The molecule has 0 saturated heterocycles. The Morgan fingerprint density at radius 1 is 1.10 bits per heavy atom. The van der Waals surface area contributed by atoms with E-state index in [-0.39, 0.29) is 11.5 Å². The summed E-state index contributed by atoms with van der Waals surface area (Å²) in [6.45, 7) is 14.9. The summed E-state index contributed by atoms with van der Waals surface area (Å²) < 4.78 is 6.05. The van der Waals surface area contributed by atoms with Crippen LogP contribution < -0.4 is 5.32 Å². The third-order valence-corrected chi connectivity index (χ3v) is 3.61. The van der Waals surface area contributed by atoms with Gasteiger partial charge in [-0.15, -0.1) is 0 Å². The lowest BCUT2D eigenvalue weighted by Gasteiger charge is -2.37. The Kier molecular flexibility index (Phi) is 6.70. The molecule has 1 aromatic rings. The summed E-state index contributed by atoms with van der Waals surface area (Å²) in [6, 6.07) is 9.18. The molecule has 0 spiro atoms. The fourth-order valence-electron chi connectivity index (χ4n) is 2.68. The molecule has 0 aliphatic heterocycles. The Morgan fingerprint density at radius 2 is 1.70 bits per heavy atom. The smallest absolute Gasteiger partial charge is 0.0779 e. The third-order valence-electron chi connectivity index (χ3n) is 3.61. The quantitative estimate of drug-likeness (QED) is 0.814. The number of nitrogens with one attached hydrogen (secondary N) is 1. The molecule has 114 valence electrons. The molecule has 0 aliphatic carbocycles. The highest BCUT2D eigenvalue weighted by Crippen LogP contribution is 2.26. The summed E-state index contributed by atoms with van der Waals surface area (Å²) in [5, 5.41) is 3.61. The van der Waals surface area contributed by atoms with Gasteiger partial charge in [0.25, 0.3) is 0 Å². The lowest BCUT2D eigenvalue weighted by molar-refractivity contribution is -0.0352. The van der Waals surface area contributed by atoms with Crippen LogP contribution in [-0.2, 0) is 11.2 Å². The first-order valence-corrected chi connectivity index (χ1v) is 7.79. The molecule has 0 heterocycles. The first kappa shape index (κ1) is 17.2. The highest BCUT2D eigenvalue weighted by atomic mass is 16.5. The fraction of sp³-hybridized carbons (Fsp3) is 0.667. The van der Waals surface area contributed by atoms with Gasteiger partial charge in [-0.1, -0.05) is 57.5 Å². The van der Waals surface area contributed by atoms with Gasteiger partial charge >= 0.3 is 0 Å². The van der Waals surface area contributed by atoms with Crippen LogP contribution in [0.3, 0.4) is 0 Å². The molecule has 1 N–H and O–H groups in total. The highest BCUT2D eigenvalue weighted by molar-refractivity contribution is 5.22. The molecule has 0 radical (unpaired) electrons. The lowest BCUT2D eigenvalue weighted by Crippen LogP contribution is -2.49. The van der Waals surface area contributed by atoms with E-state index in [0.717, 1.165) is 19.6 Å². The van der Waals surface area contributed by atoms with Gasteiger partial charge in [-0.3, -0.25) is 0 Å². The second-order valence-corrected chi connectivity index (χ2v) is 6.60. The molecule has 2 nitrogen and oxygen atoms in total. The second-order valence-electron chi connectivity index (χ2n) is 6.60. The summed E-state index contributed by atoms with van der Waals surface area (Å²) in [6.07, 6.45) is 1.23. The maximum atomic E-state index is 6.05. The van der Waals surface area contributed by atoms with Crippen molar-refractivity contribution in [3.8, 4) is 0 Å². The first-order valence-electron chi connectivity index (χ1n) is 7.79. The molecule has 0 bridgehead atoms. The molecule has 2 unspecified atom stereocenters. The number of hydrogen-bond acceptors (Lipinski definition) is 2. The Bertz CT molecular complexity index is 377. The molecule has 2 atom stereocenters. The van der Waals surface area contributed by atoms with E-state index in [1.54, 1.807) is 0 Å². The maximum absolute atomic E-state index is 6.05. The molecule has 2 heteroatoms. The van der Waals surface area contributed by atoms with Gasteiger partial charge in [0.05, 0.1) is 6.10 Å². The van der Waals surface area contributed by atoms with Crippen LogP contribution in [0.25, 0.3) is 0 Å². The molecule has 0 amide bonds. The fourth-order valence-corrected chi connectivity index (χ4v) is 2.68. The monoisotopic (exact) mass is 277 g/mol. The van der Waals surface area contributed by atoms with Crippen LogP contribution in [0.5, 0.6) is 0 Å². The van der Waals surface area contributed by atoms with Gasteiger partial charge in [-0.05, 0) is 37.8 Å². The van der Waals surface area contributed by atoms with Crippen molar-refractivity contribution >= 4 is 0 Å². The summed E-state index contributed by atoms with van der Waals surface area (Å²) >= 11 is 0. The zero-order valence-electron chi connectivity index (χ0n) is 14.0. The van der Waals surface area contributed by atoms with E-state index in [2.05, 4.69) is 71.1 Å². The summed E-state index contributed by atoms with van der Waals surface area (Å²) in [5.41, 5.74) is 2.81. The zero-order chi connectivity index (χ0) is 15.2. The van der Waals surface area contributed by atoms with Crippen LogP contribution >= 0.6 is 0 Å². The second kappa shape index (κ2) is 7.80. The largest absolute Gasteiger partial charge is 0.376 e. The van der Waals surface area contributed by atoms with Crippen LogP contribution in [-0.4, -0.2) is 25.3 Å². The van der Waals surface area contributed by atoms with Gasteiger partial charge in [0.1, 0.15) is 0 Å². The van der Waals surface area contributed by atoms with Crippen molar-refractivity contribution in [2.45, 2.75) is 60.1 Å². The van der Waals surface area contributed by atoms with E-state index in [4.69, 9.17) is 4.74 Å². The molecular weight excluding hydrogens is 246 g/mol. The average molecular weight is 277 g/mol. The maximum Gasteiger partial charge on any atom is 0.0779 e. The number of benzene rings is 1. The van der Waals surface area contributed by atoms with Crippen LogP contribution in [0.1, 0.15) is 45.7 Å². The van der Waals surface area contributed by atoms with Crippen molar-refractivity contribution in [3.05, 3.63) is 35.4 Å². The number of ether oxygens (including phenoxy) is 1. The SMILES string of the molecule is CCNC(Cc1ccc(C)cc1)C(OCC)C(C)(C)C. The van der Waals surface area contributed by atoms with Gasteiger partial charge in [-0.25, -0.2) is 0 Å². The minimum absolute atomic E-state index is 0.132. The van der Waals surface area contributed by atoms with Gasteiger partial charge in [0.2, 0.25) is 0 Å². The first-order chi connectivity index (χ1) is 9.38. The lowest BCUT2D eigenvalue weighted by atomic mass is 9.82. The van der Waals surface area contributed by atoms with Crippen molar-refractivity contribution < 1.29 is 4.74 Å². The number of hydrogen-bond donors (Lipinski definition) is 1. The molecule has 0 fully saturated rings. The van der Waals surface area contributed by atoms with Crippen molar-refractivity contribution in [1.29, 1.82) is 0 Å². The minimum atomic E-state index is 0.132. The summed E-state index contributed by atoms with van der Waals surface area (Å²) in [4.78, 5) is 0. The van der Waals surface area contributed by atoms with Gasteiger partial charge in [-0.2, -0.15) is 0 Å². The van der Waals surface area contributed by atoms with Crippen LogP contribution in [0.2, 0.25) is 0 Å². The minimum Gasteiger partial charge on any atom is -0.376 e. The van der Waals surface area contributed by atoms with Crippen LogP contribution in [0.4, 0.5) is 0 Å². The van der Waals surface area contributed by atoms with E-state index in [1.165, 1.54) is 11.1 Å². The Labute approximate surface area is 124 Å². The molecule has 0 saturated carbocycles. The topological polar surface area (TPSA) is 21.3 Å². The van der Waals surface area contributed by atoms with E-state index >= 15 is 0 Å². The predicted octanol–water partition coefficient (Wildman–Crippen LogP) is 3.97. The Balaban J connectivity index is 2.87. The molecule has 0 aliphatic rings. The van der Waals surface area contributed by atoms with Crippen molar-refractivity contribution in [1.82, 2.24) is 5.32 Å². The average Bonchev–Trinajstić information content (AvgIpc) is 2.37. The van der Waals surface area contributed by atoms with E-state index in [1.807, 2.05) is 0 Å². The van der Waals surface area contributed by atoms with Crippen molar-refractivity contribution in [3.63, 3.8) is 0 Å².